The van der Waals surface area contributed by atoms with Crippen LogP contribution in [0, 0.1) is 5.92 Å². The molecule has 0 aliphatic carbocycles. The van der Waals surface area contributed by atoms with Gasteiger partial charge in [0.15, 0.2) is 0 Å². The number of rotatable bonds is 12. The zero-order chi connectivity index (χ0) is 13.8. The van der Waals surface area contributed by atoms with Crippen LogP contribution in [0.25, 0.3) is 0 Å². The Kier molecular flexibility index (Phi) is 11.8. The zero-order valence-electron chi connectivity index (χ0n) is 12.4. The monoisotopic (exact) mass is 261 g/mol. The van der Waals surface area contributed by atoms with Crippen molar-refractivity contribution >= 4 is 0 Å². The number of nitrogens with one attached hydrogen (secondary N) is 1. The summed E-state index contributed by atoms with van der Waals surface area (Å²) in [5, 5.41) is 12.9. The second kappa shape index (κ2) is 11.9. The third-order valence-corrected chi connectivity index (χ3v) is 2.74. The summed E-state index contributed by atoms with van der Waals surface area (Å²) in [6.45, 7) is 8.93. The van der Waals surface area contributed by atoms with Gasteiger partial charge in [-0.15, -0.1) is 0 Å². The van der Waals surface area contributed by atoms with E-state index in [0.29, 0.717) is 19.8 Å². The fraction of sp³-hybridized carbons (Fsp3) is 1.00. The Morgan fingerprint density at radius 3 is 2.44 bits per heavy atom. The van der Waals surface area contributed by atoms with Gasteiger partial charge in [-0.25, -0.2) is 0 Å². The quantitative estimate of drug-likeness (QED) is 0.526. The van der Waals surface area contributed by atoms with Crippen LogP contribution in [0.4, 0.5) is 0 Å². The van der Waals surface area contributed by atoms with Crippen molar-refractivity contribution in [3.8, 4) is 0 Å². The lowest BCUT2D eigenvalue weighted by Gasteiger charge is -2.16. The molecule has 0 fully saturated rings. The summed E-state index contributed by atoms with van der Waals surface area (Å²) in [7, 11) is 1.65. The van der Waals surface area contributed by atoms with Gasteiger partial charge in [0.05, 0.1) is 25.4 Å². The van der Waals surface area contributed by atoms with Crippen molar-refractivity contribution in [1.29, 1.82) is 0 Å². The average molecular weight is 261 g/mol. The minimum atomic E-state index is -0.436. The van der Waals surface area contributed by atoms with Crippen molar-refractivity contribution in [2.45, 2.75) is 52.2 Å². The van der Waals surface area contributed by atoms with Crippen LogP contribution in [0.15, 0.2) is 0 Å². The highest BCUT2D eigenvalue weighted by atomic mass is 16.5. The van der Waals surface area contributed by atoms with Crippen molar-refractivity contribution in [3.63, 3.8) is 0 Å². The molecule has 0 rings (SSSR count). The number of unbranched alkanes of at least 4 members (excludes halogenated alkanes) is 1. The molecular weight excluding hydrogens is 230 g/mol. The molecule has 18 heavy (non-hydrogen) atoms. The standard InChI is InChI=1S/C14H31NO3/c1-12(2)7-5-6-8-15-9-14(16)11-18-13(3)10-17-4/h12-16H,5-11H2,1-4H3. The van der Waals surface area contributed by atoms with E-state index in [9.17, 15) is 5.11 Å². The smallest absolute Gasteiger partial charge is 0.0897 e. The molecule has 2 unspecified atom stereocenters. The molecule has 110 valence electrons. The molecule has 0 saturated carbocycles. The molecule has 2 atom stereocenters. The van der Waals surface area contributed by atoms with Gasteiger partial charge in [-0.2, -0.15) is 0 Å². The fourth-order valence-corrected chi connectivity index (χ4v) is 1.69. The molecule has 0 bridgehead atoms. The lowest BCUT2D eigenvalue weighted by molar-refractivity contribution is -0.0310. The lowest BCUT2D eigenvalue weighted by Crippen LogP contribution is -2.32. The Hall–Kier alpha value is -0.160. The van der Waals surface area contributed by atoms with Gasteiger partial charge in [-0.05, 0) is 25.8 Å². The van der Waals surface area contributed by atoms with Crippen LogP contribution in [0.5, 0.6) is 0 Å². The van der Waals surface area contributed by atoms with E-state index in [4.69, 9.17) is 9.47 Å². The Labute approximate surface area is 112 Å². The Morgan fingerprint density at radius 1 is 1.11 bits per heavy atom. The van der Waals surface area contributed by atoms with E-state index in [-0.39, 0.29) is 6.10 Å². The highest BCUT2D eigenvalue weighted by Crippen LogP contribution is 2.05. The molecule has 4 heteroatoms. The van der Waals surface area contributed by atoms with Crippen molar-refractivity contribution in [2.75, 3.05) is 33.4 Å². The summed E-state index contributed by atoms with van der Waals surface area (Å²) in [6, 6.07) is 0. The van der Waals surface area contributed by atoms with Crippen molar-refractivity contribution in [2.24, 2.45) is 5.92 Å². The Balaban J connectivity index is 3.29. The molecule has 0 heterocycles. The van der Waals surface area contributed by atoms with Crippen LogP contribution in [0.2, 0.25) is 0 Å². The molecule has 0 aliphatic rings. The molecule has 0 amide bonds. The van der Waals surface area contributed by atoms with E-state index in [1.165, 1.54) is 19.3 Å². The highest BCUT2D eigenvalue weighted by Gasteiger charge is 2.07. The molecule has 0 aromatic rings. The van der Waals surface area contributed by atoms with Gasteiger partial charge >= 0.3 is 0 Å². The first-order valence-electron chi connectivity index (χ1n) is 7.05. The van der Waals surface area contributed by atoms with E-state index < -0.39 is 6.10 Å². The van der Waals surface area contributed by atoms with E-state index in [2.05, 4.69) is 19.2 Å². The van der Waals surface area contributed by atoms with Gasteiger partial charge in [0.2, 0.25) is 0 Å². The molecule has 0 aliphatic heterocycles. The van der Waals surface area contributed by atoms with Crippen molar-refractivity contribution < 1.29 is 14.6 Å². The summed E-state index contributed by atoms with van der Waals surface area (Å²) >= 11 is 0. The normalized spacial score (nSPS) is 15.0. The Bertz CT molecular complexity index is 176. The lowest BCUT2D eigenvalue weighted by atomic mass is 10.1. The van der Waals surface area contributed by atoms with Crippen molar-refractivity contribution in [1.82, 2.24) is 5.32 Å². The predicted molar refractivity (Wildman–Crippen MR) is 74.9 cm³/mol. The topological polar surface area (TPSA) is 50.7 Å². The number of hydrogen-bond acceptors (Lipinski definition) is 4. The van der Waals surface area contributed by atoms with E-state index in [0.717, 1.165) is 12.5 Å². The predicted octanol–water partition coefficient (Wildman–Crippen LogP) is 1.81. The van der Waals surface area contributed by atoms with Crippen molar-refractivity contribution in [3.05, 3.63) is 0 Å². The van der Waals surface area contributed by atoms with Gasteiger partial charge in [0.1, 0.15) is 0 Å². The number of aliphatic hydroxyl groups is 1. The molecule has 2 N–H and O–H groups in total. The first-order valence-corrected chi connectivity index (χ1v) is 7.05. The molecule has 0 saturated heterocycles. The van der Waals surface area contributed by atoms with E-state index in [1.807, 2.05) is 6.92 Å². The first kappa shape index (κ1) is 17.8. The van der Waals surface area contributed by atoms with E-state index in [1.54, 1.807) is 7.11 Å². The van der Waals surface area contributed by atoms with Crippen LogP contribution in [0.1, 0.15) is 40.0 Å². The summed E-state index contributed by atoms with van der Waals surface area (Å²) in [4.78, 5) is 0. The maximum atomic E-state index is 9.68. The van der Waals surface area contributed by atoms with Gasteiger partial charge in [-0.1, -0.05) is 26.7 Å². The highest BCUT2D eigenvalue weighted by molar-refractivity contribution is 4.60. The summed E-state index contributed by atoms with van der Waals surface area (Å²) in [5.74, 6) is 0.784. The summed E-state index contributed by atoms with van der Waals surface area (Å²) in [5.41, 5.74) is 0. The van der Waals surface area contributed by atoms with Gasteiger partial charge in [0, 0.05) is 13.7 Å². The Morgan fingerprint density at radius 2 is 1.83 bits per heavy atom. The minimum Gasteiger partial charge on any atom is -0.389 e. The van der Waals surface area contributed by atoms with Crippen LogP contribution < -0.4 is 5.32 Å². The fourth-order valence-electron chi connectivity index (χ4n) is 1.69. The zero-order valence-corrected chi connectivity index (χ0v) is 12.4. The third kappa shape index (κ3) is 12.3. The minimum absolute atomic E-state index is 0.0377. The maximum absolute atomic E-state index is 9.68. The molecule has 4 nitrogen and oxygen atoms in total. The third-order valence-electron chi connectivity index (χ3n) is 2.74. The molecule has 0 aromatic heterocycles. The number of aliphatic hydroxyl groups excluding tert-OH is 1. The molecular formula is C14H31NO3. The summed E-state index contributed by atoms with van der Waals surface area (Å²) in [6.07, 6.45) is 3.31. The summed E-state index contributed by atoms with van der Waals surface area (Å²) < 4.78 is 10.4. The largest absolute Gasteiger partial charge is 0.389 e. The average Bonchev–Trinajstić information content (AvgIpc) is 2.31. The SMILES string of the molecule is COCC(C)OCC(O)CNCCCCC(C)C. The number of methoxy groups -OCH3 is 1. The van der Waals surface area contributed by atoms with Gasteiger partial charge in [0.25, 0.3) is 0 Å². The second-order valence-electron chi connectivity index (χ2n) is 5.35. The van der Waals surface area contributed by atoms with Gasteiger partial charge < -0.3 is 19.9 Å². The van der Waals surface area contributed by atoms with Gasteiger partial charge in [-0.3, -0.25) is 0 Å². The van der Waals surface area contributed by atoms with Crippen LogP contribution in [-0.4, -0.2) is 50.7 Å². The first-order chi connectivity index (χ1) is 8.56. The molecule has 0 aromatic carbocycles. The maximum Gasteiger partial charge on any atom is 0.0897 e. The van der Waals surface area contributed by atoms with Crippen LogP contribution in [-0.2, 0) is 9.47 Å². The number of hydrogen-bond donors (Lipinski definition) is 2. The number of ether oxygens (including phenoxy) is 2. The van der Waals surface area contributed by atoms with E-state index >= 15 is 0 Å². The second-order valence-corrected chi connectivity index (χ2v) is 5.35. The van der Waals surface area contributed by atoms with Crippen LogP contribution in [0.3, 0.4) is 0 Å². The van der Waals surface area contributed by atoms with Crippen LogP contribution >= 0.6 is 0 Å². The molecule has 0 radical (unpaired) electrons. The molecule has 0 spiro atoms.